The van der Waals surface area contributed by atoms with Gasteiger partial charge in [-0.1, -0.05) is 41.5 Å². The van der Waals surface area contributed by atoms with Crippen molar-refractivity contribution in [3.8, 4) is 0 Å². The Morgan fingerprint density at radius 1 is 0.864 bits per heavy atom. The van der Waals surface area contributed by atoms with Crippen molar-refractivity contribution < 1.29 is 14.0 Å². The number of aliphatic hydroxyl groups is 1. The zero-order chi connectivity index (χ0) is 17.8. The first-order valence-electron chi connectivity index (χ1n) is 8.57. The van der Waals surface area contributed by atoms with Gasteiger partial charge in [0.05, 0.1) is 12.7 Å². The van der Waals surface area contributed by atoms with Gasteiger partial charge in [-0.25, -0.2) is 0 Å². The number of hydrogen-bond donors (Lipinski definition) is 1. The lowest BCUT2D eigenvalue weighted by Crippen LogP contribution is -2.45. The first kappa shape index (κ1) is 22.3. The van der Waals surface area contributed by atoms with Crippen LogP contribution in [0.15, 0.2) is 0 Å². The summed E-state index contributed by atoms with van der Waals surface area (Å²) in [5.74, 6) is 0. The molecule has 0 bridgehead atoms. The van der Waals surface area contributed by atoms with Gasteiger partial charge in [0.15, 0.2) is 16.6 Å². The molecular weight excluding hydrogens is 308 g/mol. The molecule has 0 aromatic heterocycles. The molecule has 0 aromatic carbocycles. The van der Waals surface area contributed by atoms with Gasteiger partial charge in [-0.2, -0.15) is 0 Å². The van der Waals surface area contributed by atoms with Gasteiger partial charge >= 0.3 is 0 Å². The number of hydrogen-bond acceptors (Lipinski definition) is 3. The lowest BCUT2D eigenvalue weighted by Gasteiger charge is -2.39. The van der Waals surface area contributed by atoms with Gasteiger partial charge in [0, 0.05) is 6.61 Å². The molecule has 134 valence electrons. The number of aliphatic hydroxyl groups excluding tert-OH is 1. The highest BCUT2D eigenvalue weighted by Crippen LogP contribution is 2.38. The Bertz CT molecular complexity index is 328. The third-order valence-electron chi connectivity index (χ3n) is 5.41. The second-order valence-electron chi connectivity index (χ2n) is 9.43. The normalized spacial score (nSPS) is 16.0. The van der Waals surface area contributed by atoms with Crippen LogP contribution in [0.3, 0.4) is 0 Å². The fourth-order valence-electron chi connectivity index (χ4n) is 1.64. The maximum atomic E-state index is 9.61. The molecule has 5 heteroatoms. The molecule has 0 aromatic rings. The van der Waals surface area contributed by atoms with Crippen molar-refractivity contribution in [3.05, 3.63) is 0 Å². The first-order valence-corrected chi connectivity index (χ1v) is 14.4. The van der Waals surface area contributed by atoms with Crippen LogP contribution in [-0.2, 0) is 8.85 Å². The standard InChI is InChI=1S/C17H40O3Si2/c1-16(2,3)21(7,8)19-13-11-12-15(14-18)20-22(9,10)17(4,5)6/h15,18H,11-14H2,1-10H3/t15-/m0/s1. The summed E-state index contributed by atoms with van der Waals surface area (Å²) in [5, 5.41) is 10.0. The Hall–Kier alpha value is 0.314. The lowest BCUT2D eigenvalue weighted by molar-refractivity contribution is 0.0898. The Morgan fingerprint density at radius 2 is 1.32 bits per heavy atom. The second kappa shape index (κ2) is 7.92. The fourth-order valence-corrected chi connectivity index (χ4v) is 4.10. The zero-order valence-corrected chi connectivity index (χ0v) is 18.7. The predicted octanol–water partition coefficient (Wildman–Crippen LogP) is 5.17. The summed E-state index contributed by atoms with van der Waals surface area (Å²) in [5.41, 5.74) is 0. The van der Waals surface area contributed by atoms with E-state index in [-0.39, 0.29) is 22.8 Å². The molecule has 0 fully saturated rings. The highest BCUT2D eigenvalue weighted by Gasteiger charge is 2.39. The van der Waals surface area contributed by atoms with Crippen molar-refractivity contribution in [1.29, 1.82) is 0 Å². The molecule has 0 unspecified atom stereocenters. The Kier molecular flexibility index (Phi) is 8.04. The minimum atomic E-state index is -1.81. The summed E-state index contributed by atoms with van der Waals surface area (Å²) in [6.45, 7) is 23.4. The Balaban J connectivity index is 4.34. The van der Waals surface area contributed by atoms with Crippen LogP contribution in [0.2, 0.25) is 36.3 Å². The smallest absolute Gasteiger partial charge is 0.192 e. The summed E-state index contributed by atoms with van der Waals surface area (Å²) < 4.78 is 12.5. The summed E-state index contributed by atoms with van der Waals surface area (Å²) >= 11 is 0. The lowest BCUT2D eigenvalue weighted by atomic mass is 10.2. The minimum absolute atomic E-state index is 0.0519. The molecule has 0 amide bonds. The molecule has 0 saturated heterocycles. The van der Waals surface area contributed by atoms with E-state index in [0.717, 1.165) is 19.4 Å². The van der Waals surface area contributed by atoms with Crippen LogP contribution in [0.25, 0.3) is 0 Å². The molecule has 0 aliphatic rings. The third-order valence-corrected chi connectivity index (χ3v) is 14.5. The average molecular weight is 349 g/mol. The molecule has 0 radical (unpaired) electrons. The van der Waals surface area contributed by atoms with Gasteiger partial charge in [0.25, 0.3) is 0 Å². The van der Waals surface area contributed by atoms with E-state index in [1.54, 1.807) is 0 Å². The second-order valence-corrected chi connectivity index (χ2v) is 19.0. The Labute approximate surface area is 141 Å². The van der Waals surface area contributed by atoms with Crippen molar-refractivity contribution in [2.75, 3.05) is 13.2 Å². The van der Waals surface area contributed by atoms with Crippen LogP contribution in [0.1, 0.15) is 54.4 Å². The van der Waals surface area contributed by atoms with E-state index in [9.17, 15) is 5.11 Å². The van der Waals surface area contributed by atoms with Crippen LogP contribution >= 0.6 is 0 Å². The van der Waals surface area contributed by atoms with E-state index in [0.29, 0.717) is 0 Å². The first-order chi connectivity index (χ1) is 9.64. The van der Waals surface area contributed by atoms with E-state index < -0.39 is 16.6 Å². The summed E-state index contributed by atoms with van der Waals surface area (Å²) in [6.07, 6.45) is 1.77. The minimum Gasteiger partial charge on any atom is -0.417 e. The summed E-state index contributed by atoms with van der Waals surface area (Å²) in [4.78, 5) is 0. The molecule has 0 spiro atoms. The fraction of sp³-hybridized carbons (Fsp3) is 1.00. The van der Waals surface area contributed by atoms with Gasteiger partial charge < -0.3 is 14.0 Å². The van der Waals surface area contributed by atoms with E-state index in [1.807, 2.05) is 0 Å². The molecule has 0 rings (SSSR count). The van der Waals surface area contributed by atoms with Crippen molar-refractivity contribution in [2.45, 2.75) is 96.8 Å². The topological polar surface area (TPSA) is 38.7 Å². The van der Waals surface area contributed by atoms with Gasteiger partial charge in [0.2, 0.25) is 0 Å². The highest BCUT2D eigenvalue weighted by molar-refractivity contribution is 6.74. The molecule has 1 N–H and O–H groups in total. The van der Waals surface area contributed by atoms with E-state index in [1.165, 1.54) is 0 Å². The largest absolute Gasteiger partial charge is 0.417 e. The van der Waals surface area contributed by atoms with Gasteiger partial charge in [-0.05, 0) is 49.1 Å². The zero-order valence-electron chi connectivity index (χ0n) is 16.7. The van der Waals surface area contributed by atoms with Crippen molar-refractivity contribution >= 4 is 16.6 Å². The van der Waals surface area contributed by atoms with Gasteiger partial charge in [-0.15, -0.1) is 0 Å². The van der Waals surface area contributed by atoms with Gasteiger partial charge in [-0.3, -0.25) is 0 Å². The van der Waals surface area contributed by atoms with Gasteiger partial charge in [0.1, 0.15) is 0 Å². The van der Waals surface area contributed by atoms with E-state index in [2.05, 4.69) is 67.7 Å². The molecule has 0 heterocycles. The van der Waals surface area contributed by atoms with Crippen molar-refractivity contribution in [1.82, 2.24) is 0 Å². The van der Waals surface area contributed by atoms with E-state index >= 15 is 0 Å². The maximum absolute atomic E-state index is 9.61. The summed E-state index contributed by atoms with van der Waals surface area (Å²) in [6, 6.07) is 0. The van der Waals surface area contributed by atoms with Crippen LogP contribution in [0.5, 0.6) is 0 Å². The molecule has 3 nitrogen and oxygen atoms in total. The van der Waals surface area contributed by atoms with Crippen molar-refractivity contribution in [2.24, 2.45) is 0 Å². The van der Waals surface area contributed by atoms with Crippen LogP contribution < -0.4 is 0 Å². The van der Waals surface area contributed by atoms with Crippen LogP contribution in [0, 0.1) is 0 Å². The molecule has 0 aliphatic carbocycles. The SMILES string of the molecule is CC(C)(C)[Si](C)(C)OCCC[C@@H](CO)O[Si](C)(C)C(C)(C)C. The van der Waals surface area contributed by atoms with Crippen LogP contribution in [0.4, 0.5) is 0 Å². The molecule has 0 aliphatic heterocycles. The number of rotatable bonds is 8. The molecule has 0 saturated carbocycles. The third kappa shape index (κ3) is 6.83. The molecule has 1 atom stereocenters. The van der Waals surface area contributed by atoms with Crippen molar-refractivity contribution in [3.63, 3.8) is 0 Å². The molecule has 22 heavy (non-hydrogen) atoms. The van der Waals surface area contributed by atoms with E-state index in [4.69, 9.17) is 8.85 Å². The molecular formula is C17H40O3Si2. The monoisotopic (exact) mass is 348 g/mol. The quantitative estimate of drug-likeness (QED) is 0.486. The highest BCUT2D eigenvalue weighted by atomic mass is 28.4. The Morgan fingerprint density at radius 3 is 1.68 bits per heavy atom. The van der Waals surface area contributed by atoms with Crippen LogP contribution in [-0.4, -0.2) is 41.1 Å². The maximum Gasteiger partial charge on any atom is 0.192 e. The summed E-state index contributed by atoms with van der Waals surface area (Å²) in [7, 11) is -3.47. The predicted molar refractivity (Wildman–Crippen MR) is 102 cm³/mol. The average Bonchev–Trinajstić information content (AvgIpc) is 2.29.